The first-order chi connectivity index (χ1) is 10.5. The van der Waals surface area contributed by atoms with Crippen LogP contribution in [0.5, 0.6) is 5.75 Å². The van der Waals surface area contributed by atoms with Crippen LogP contribution in [0.1, 0.15) is 45.4 Å². The average molecular weight is 326 g/mol. The molecule has 0 amide bonds. The molecule has 6 nitrogen and oxygen atoms in total. The van der Waals surface area contributed by atoms with Gasteiger partial charge in [0, 0.05) is 5.75 Å². The molecule has 2 rings (SSSR count). The number of hydrogen-bond acceptors (Lipinski definition) is 5. The SMILES string of the molecule is CCCS(=O)c1cc(N)c([N+](=O)[O-])cc1OC1CCCCC1. The minimum Gasteiger partial charge on any atom is -0.489 e. The van der Waals surface area contributed by atoms with Crippen LogP contribution in [0.4, 0.5) is 11.4 Å². The molecule has 0 heterocycles. The van der Waals surface area contributed by atoms with E-state index in [1.807, 2.05) is 6.92 Å². The summed E-state index contributed by atoms with van der Waals surface area (Å²) < 4.78 is 18.3. The van der Waals surface area contributed by atoms with Gasteiger partial charge in [0.05, 0.1) is 32.8 Å². The average Bonchev–Trinajstić information content (AvgIpc) is 2.49. The summed E-state index contributed by atoms with van der Waals surface area (Å²) in [6.45, 7) is 1.94. The predicted octanol–water partition coefficient (Wildman–Crippen LogP) is 3.41. The van der Waals surface area contributed by atoms with Crippen molar-refractivity contribution < 1.29 is 13.9 Å². The first kappa shape index (κ1) is 16.7. The molecule has 1 aromatic carbocycles. The second-order valence-electron chi connectivity index (χ2n) is 5.54. The number of hydrogen-bond donors (Lipinski definition) is 1. The van der Waals surface area contributed by atoms with Gasteiger partial charge in [-0.3, -0.25) is 14.3 Å². The summed E-state index contributed by atoms with van der Waals surface area (Å²) in [6, 6.07) is 2.76. The molecule has 2 N–H and O–H groups in total. The number of nitrogen functional groups attached to an aromatic ring is 1. The van der Waals surface area contributed by atoms with Crippen molar-refractivity contribution in [3.8, 4) is 5.75 Å². The number of nitro benzene ring substituents is 1. The zero-order valence-electron chi connectivity index (χ0n) is 12.7. The van der Waals surface area contributed by atoms with Crippen molar-refractivity contribution in [1.82, 2.24) is 0 Å². The van der Waals surface area contributed by atoms with E-state index in [1.165, 1.54) is 18.6 Å². The Morgan fingerprint density at radius 2 is 2.05 bits per heavy atom. The highest BCUT2D eigenvalue weighted by atomic mass is 32.2. The highest BCUT2D eigenvalue weighted by Crippen LogP contribution is 2.35. The van der Waals surface area contributed by atoms with E-state index in [0.717, 1.165) is 32.1 Å². The van der Waals surface area contributed by atoms with Gasteiger partial charge in [0.15, 0.2) is 0 Å². The van der Waals surface area contributed by atoms with Gasteiger partial charge in [-0.1, -0.05) is 13.3 Å². The van der Waals surface area contributed by atoms with Crippen LogP contribution in [0.2, 0.25) is 0 Å². The second-order valence-corrected chi connectivity index (χ2v) is 7.08. The molecule has 0 radical (unpaired) electrons. The molecular formula is C15H22N2O4S. The summed E-state index contributed by atoms with van der Waals surface area (Å²) in [4.78, 5) is 11.0. The van der Waals surface area contributed by atoms with Gasteiger partial charge in [0.2, 0.25) is 0 Å². The molecule has 0 aromatic heterocycles. The molecule has 122 valence electrons. The Labute approximate surface area is 132 Å². The molecule has 1 aromatic rings. The van der Waals surface area contributed by atoms with Crippen LogP contribution in [0.3, 0.4) is 0 Å². The zero-order valence-corrected chi connectivity index (χ0v) is 13.6. The molecule has 7 heteroatoms. The maximum Gasteiger partial charge on any atom is 0.295 e. The fourth-order valence-electron chi connectivity index (χ4n) is 2.65. The lowest BCUT2D eigenvalue weighted by molar-refractivity contribution is -0.384. The summed E-state index contributed by atoms with van der Waals surface area (Å²) >= 11 is 0. The Kier molecular flexibility index (Phi) is 5.76. The maximum atomic E-state index is 12.3. The maximum absolute atomic E-state index is 12.3. The molecule has 0 spiro atoms. The largest absolute Gasteiger partial charge is 0.489 e. The Balaban J connectivity index is 2.35. The van der Waals surface area contributed by atoms with Crippen LogP contribution in [0, 0.1) is 10.1 Å². The summed E-state index contributed by atoms with van der Waals surface area (Å²) in [5.74, 6) is 0.831. The van der Waals surface area contributed by atoms with Gasteiger partial charge in [-0.15, -0.1) is 0 Å². The van der Waals surface area contributed by atoms with Crippen LogP contribution < -0.4 is 10.5 Å². The highest BCUT2D eigenvalue weighted by molar-refractivity contribution is 7.85. The van der Waals surface area contributed by atoms with E-state index < -0.39 is 15.7 Å². The first-order valence-corrected chi connectivity index (χ1v) is 8.97. The lowest BCUT2D eigenvalue weighted by Crippen LogP contribution is -2.20. The molecule has 1 unspecified atom stereocenters. The quantitative estimate of drug-likeness (QED) is 0.491. The van der Waals surface area contributed by atoms with Gasteiger partial charge >= 0.3 is 0 Å². The van der Waals surface area contributed by atoms with Gasteiger partial charge in [-0.05, 0) is 38.2 Å². The van der Waals surface area contributed by atoms with Crippen LogP contribution >= 0.6 is 0 Å². The molecule has 1 aliphatic rings. The predicted molar refractivity (Wildman–Crippen MR) is 86.6 cm³/mol. The van der Waals surface area contributed by atoms with Crippen molar-refractivity contribution in [3.05, 3.63) is 22.2 Å². The molecule has 1 fully saturated rings. The van der Waals surface area contributed by atoms with Crippen molar-refractivity contribution in [1.29, 1.82) is 0 Å². The Morgan fingerprint density at radius 1 is 1.36 bits per heavy atom. The van der Waals surface area contributed by atoms with Crippen molar-refractivity contribution in [2.45, 2.75) is 56.4 Å². The smallest absolute Gasteiger partial charge is 0.295 e. The van der Waals surface area contributed by atoms with E-state index in [4.69, 9.17) is 10.5 Å². The molecule has 0 bridgehead atoms. The van der Waals surface area contributed by atoms with Crippen LogP contribution in [-0.4, -0.2) is 21.0 Å². The van der Waals surface area contributed by atoms with E-state index >= 15 is 0 Å². The van der Waals surface area contributed by atoms with Crippen LogP contribution in [0.25, 0.3) is 0 Å². The summed E-state index contributed by atoms with van der Waals surface area (Å²) in [6.07, 6.45) is 6.03. The van der Waals surface area contributed by atoms with Crippen molar-refractivity contribution in [3.63, 3.8) is 0 Å². The fourth-order valence-corrected chi connectivity index (χ4v) is 3.83. The van der Waals surface area contributed by atoms with Gasteiger partial charge in [-0.25, -0.2) is 0 Å². The standard InChI is InChI=1S/C15H22N2O4S/c1-2-8-22(20)15-9-12(16)13(17(18)19)10-14(15)21-11-6-4-3-5-7-11/h9-11H,2-8,16H2,1H3. The third-order valence-corrected chi connectivity index (χ3v) is 5.36. The van der Waals surface area contributed by atoms with Crippen LogP contribution in [-0.2, 0) is 10.8 Å². The Bertz CT molecular complexity index is 571. The minimum atomic E-state index is -1.26. The monoisotopic (exact) mass is 326 g/mol. The lowest BCUT2D eigenvalue weighted by Gasteiger charge is -2.24. The topological polar surface area (TPSA) is 95.5 Å². The van der Waals surface area contributed by atoms with Crippen molar-refractivity contribution >= 4 is 22.2 Å². The second kappa shape index (κ2) is 7.58. The van der Waals surface area contributed by atoms with Gasteiger partial charge < -0.3 is 10.5 Å². The summed E-state index contributed by atoms with van der Waals surface area (Å²) in [7, 11) is -1.26. The number of nitrogens with two attached hydrogens (primary N) is 1. The van der Waals surface area contributed by atoms with Gasteiger partial charge in [-0.2, -0.15) is 0 Å². The lowest BCUT2D eigenvalue weighted by atomic mass is 9.98. The number of ether oxygens (including phenoxy) is 1. The van der Waals surface area contributed by atoms with E-state index in [1.54, 1.807) is 0 Å². The number of nitro groups is 1. The zero-order chi connectivity index (χ0) is 16.1. The highest BCUT2D eigenvalue weighted by Gasteiger charge is 2.23. The molecule has 1 aliphatic carbocycles. The number of nitrogens with zero attached hydrogens (tertiary/aromatic N) is 1. The van der Waals surface area contributed by atoms with E-state index in [0.29, 0.717) is 16.4 Å². The molecule has 22 heavy (non-hydrogen) atoms. The molecule has 0 aliphatic heterocycles. The van der Waals surface area contributed by atoms with Crippen molar-refractivity contribution in [2.24, 2.45) is 0 Å². The third kappa shape index (κ3) is 3.97. The number of rotatable bonds is 6. The van der Waals surface area contributed by atoms with Crippen LogP contribution in [0.15, 0.2) is 17.0 Å². The normalized spacial score (nSPS) is 17.1. The third-order valence-electron chi connectivity index (χ3n) is 3.77. The Morgan fingerprint density at radius 3 is 2.64 bits per heavy atom. The van der Waals surface area contributed by atoms with Gasteiger partial charge in [0.25, 0.3) is 5.69 Å². The summed E-state index contributed by atoms with van der Waals surface area (Å²) in [5, 5.41) is 11.1. The summed E-state index contributed by atoms with van der Waals surface area (Å²) in [5.41, 5.74) is 5.56. The van der Waals surface area contributed by atoms with E-state index in [-0.39, 0.29) is 17.5 Å². The molecule has 0 saturated heterocycles. The number of anilines is 1. The molecule has 1 saturated carbocycles. The molecule has 1 atom stereocenters. The van der Waals surface area contributed by atoms with Crippen molar-refractivity contribution in [2.75, 3.05) is 11.5 Å². The van der Waals surface area contributed by atoms with E-state index in [2.05, 4.69) is 0 Å². The van der Waals surface area contributed by atoms with Gasteiger partial charge in [0.1, 0.15) is 11.4 Å². The number of benzene rings is 1. The fraction of sp³-hybridized carbons (Fsp3) is 0.600. The van der Waals surface area contributed by atoms with E-state index in [9.17, 15) is 14.3 Å². The first-order valence-electron chi connectivity index (χ1n) is 7.66. The Hall–Kier alpha value is -1.63. The minimum absolute atomic E-state index is 0.0282. The molecular weight excluding hydrogens is 304 g/mol.